The van der Waals surface area contributed by atoms with Gasteiger partial charge in [0.05, 0.1) is 25.7 Å². The first-order chi connectivity index (χ1) is 13.3. The van der Waals surface area contributed by atoms with E-state index in [9.17, 15) is 14.9 Å². The van der Waals surface area contributed by atoms with Crippen LogP contribution in [-0.2, 0) is 11.2 Å². The zero-order chi connectivity index (χ0) is 20.7. The fraction of sp³-hybridized carbons (Fsp3) is 0.350. The zero-order valence-electron chi connectivity index (χ0n) is 16.5. The SMILES string of the molecule is COc1ccc(CCN(C)CC(=O)Nc2c(C)cccc2[N+](=O)[O-])cc1OC. The Kier molecular flexibility index (Phi) is 7.34. The molecule has 0 aromatic heterocycles. The summed E-state index contributed by atoms with van der Waals surface area (Å²) in [5, 5.41) is 13.8. The lowest BCUT2D eigenvalue weighted by atomic mass is 10.1. The largest absolute Gasteiger partial charge is 0.493 e. The number of ether oxygens (including phenoxy) is 2. The number of likely N-dealkylation sites (N-methyl/N-ethyl adjacent to an activating group) is 1. The molecule has 2 rings (SSSR count). The first-order valence-electron chi connectivity index (χ1n) is 8.79. The van der Waals surface area contributed by atoms with Gasteiger partial charge in [0, 0.05) is 12.6 Å². The molecule has 28 heavy (non-hydrogen) atoms. The molecule has 0 heterocycles. The topological polar surface area (TPSA) is 93.9 Å². The van der Waals surface area contributed by atoms with Crippen LogP contribution in [-0.4, -0.2) is 50.1 Å². The highest BCUT2D eigenvalue weighted by Crippen LogP contribution is 2.28. The first kappa shape index (κ1) is 21.2. The van der Waals surface area contributed by atoms with Crippen molar-refractivity contribution in [2.24, 2.45) is 0 Å². The third kappa shape index (κ3) is 5.43. The van der Waals surface area contributed by atoms with Gasteiger partial charge in [0.15, 0.2) is 11.5 Å². The molecule has 0 unspecified atom stereocenters. The average molecular weight is 387 g/mol. The zero-order valence-corrected chi connectivity index (χ0v) is 16.5. The molecule has 0 fully saturated rings. The van der Waals surface area contributed by atoms with E-state index < -0.39 is 4.92 Å². The Bertz CT molecular complexity index is 854. The van der Waals surface area contributed by atoms with Crippen LogP contribution in [0.3, 0.4) is 0 Å². The smallest absolute Gasteiger partial charge is 0.293 e. The highest BCUT2D eigenvalue weighted by Gasteiger charge is 2.18. The van der Waals surface area contributed by atoms with Crippen molar-refractivity contribution in [3.8, 4) is 11.5 Å². The van der Waals surface area contributed by atoms with Crippen LogP contribution in [0.1, 0.15) is 11.1 Å². The van der Waals surface area contributed by atoms with Crippen LogP contribution in [0.2, 0.25) is 0 Å². The normalized spacial score (nSPS) is 10.6. The summed E-state index contributed by atoms with van der Waals surface area (Å²) in [5.74, 6) is 1.03. The number of methoxy groups -OCH3 is 2. The molecule has 0 spiro atoms. The van der Waals surface area contributed by atoms with Crippen LogP contribution in [0, 0.1) is 17.0 Å². The molecule has 0 saturated heterocycles. The van der Waals surface area contributed by atoms with Crippen molar-refractivity contribution in [2.75, 3.05) is 39.7 Å². The van der Waals surface area contributed by atoms with E-state index in [4.69, 9.17) is 9.47 Å². The third-order valence-electron chi connectivity index (χ3n) is 4.36. The van der Waals surface area contributed by atoms with E-state index in [1.807, 2.05) is 30.1 Å². The lowest BCUT2D eigenvalue weighted by Crippen LogP contribution is -2.32. The number of nitro benzene ring substituents is 1. The minimum Gasteiger partial charge on any atom is -0.493 e. The Labute approximate surface area is 164 Å². The third-order valence-corrected chi connectivity index (χ3v) is 4.36. The minimum atomic E-state index is -0.497. The fourth-order valence-corrected chi connectivity index (χ4v) is 2.83. The standard InChI is InChI=1S/C20H25N3O5/c1-14-6-5-7-16(23(25)26)20(14)21-19(24)13-22(2)11-10-15-8-9-17(27-3)18(12-15)28-4/h5-9,12H,10-11,13H2,1-4H3,(H,21,24). The molecular weight excluding hydrogens is 362 g/mol. The Hall–Kier alpha value is -3.13. The van der Waals surface area contributed by atoms with Gasteiger partial charge in [-0.25, -0.2) is 0 Å². The van der Waals surface area contributed by atoms with Crippen LogP contribution in [0.5, 0.6) is 11.5 Å². The Morgan fingerprint density at radius 3 is 2.54 bits per heavy atom. The van der Waals surface area contributed by atoms with E-state index >= 15 is 0 Å². The molecule has 2 aromatic carbocycles. The monoisotopic (exact) mass is 387 g/mol. The van der Waals surface area contributed by atoms with Gasteiger partial charge in [-0.1, -0.05) is 18.2 Å². The number of hydrogen-bond acceptors (Lipinski definition) is 6. The van der Waals surface area contributed by atoms with Gasteiger partial charge >= 0.3 is 0 Å². The Balaban J connectivity index is 1.94. The molecule has 0 aliphatic rings. The number of carbonyl (C=O) groups excluding carboxylic acids is 1. The lowest BCUT2D eigenvalue weighted by Gasteiger charge is -2.17. The number of nitro groups is 1. The highest BCUT2D eigenvalue weighted by atomic mass is 16.6. The van der Waals surface area contributed by atoms with Crippen molar-refractivity contribution in [1.82, 2.24) is 4.90 Å². The van der Waals surface area contributed by atoms with Crippen molar-refractivity contribution in [1.29, 1.82) is 0 Å². The van der Waals surface area contributed by atoms with E-state index in [0.717, 1.165) is 5.56 Å². The number of hydrogen-bond donors (Lipinski definition) is 1. The summed E-state index contributed by atoms with van der Waals surface area (Å²) in [6.45, 7) is 2.49. The average Bonchev–Trinajstić information content (AvgIpc) is 2.67. The maximum atomic E-state index is 12.3. The summed E-state index contributed by atoms with van der Waals surface area (Å²) >= 11 is 0. The van der Waals surface area contributed by atoms with E-state index in [1.54, 1.807) is 33.3 Å². The summed E-state index contributed by atoms with van der Waals surface area (Å²) < 4.78 is 10.5. The molecule has 8 heteroatoms. The van der Waals surface area contributed by atoms with Crippen LogP contribution in [0.25, 0.3) is 0 Å². The molecule has 0 aliphatic carbocycles. The molecule has 0 radical (unpaired) electrons. The number of para-hydroxylation sites is 1. The van der Waals surface area contributed by atoms with Gasteiger partial charge in [0.2, 0.25) is 5.91 Å². The molecule has 1 N–H and O–H groups in total. The number of aryl methyl sites for hydroxylation is 1. The number of carbonyl (C=O) groups is 1. The fourth-order valence-electron chi connectivity index (χ4n) is 2.83. The Morgan fingerprint density at radius 1 is 1.18 bits per heavy atom. The minimum absolute atomic E-state index is 0.110. The molecule has 0 aliphatic heterocycles. The van der Waals surface area contributed by atoms with Crippen molar-refractivity contribution < 1.29 is 19.2 Å². The van der Waals surface area contributed by atoms with Crippen LogP contribution in [0.4, 0.5) is 11.4 Å². The van der Waals surface area contributed by atoms with Crippen molar-refractivity contribution in [3.63, 3.8) is 0 Å². The summed E-state index contributed by atoms with van der Waals surface area (Å²) in [4.78, 5) is 24.9. The van der Waals surface area contributed by atoms with E-state index in [2.05, 4.69) is 5.32 Å². The maximum Gasteiger partial charge on any atom is 0.293 e. The van der Waals surface area contributed by atoms with Gasteiger partial charge < -0.3 is 14.8 Å². The summed E-state index contributed by atoms with van der Waals surface area (Å²) in [6, 6.07) is 10.4. The van der Waals surface area contributed by atoms with Crippen LogP contribution in [0.15, 0.2) is 36.4 Å². The Morgan fingerprint density at radius 2 is 1.89 bits per heavy atom. The van der Waals surface area contributed by atoms with Crippen LogP contribution >= 0.6 is 0 Å². The number of amides is 1. The maximum absolute atomic E-state index is 12.3. The van der Waals surface area contributed by atoms with Gasteiger partial charge in [0.1, 0.15) is 5.69 Å². The highest BCUT2D eigenvalue weighted by molar-refractivity contribution is 5.95. The molecule has 0 atom stereocenters. The van der Waals surface area contributed by atoms with E-state index in [-0.39, 0.29) is 23.8 Å². The summed E-state index contributed by atoms with van der Waals surface area (Å²) in [7, 11) is 5.00. The summed E-state index contributed by atoms with van der Waals surface area (Å²) in [6.07, 6.45) is 0.717. The van der Waals surface area contributed by atoms with Gasteiger partial charge in [-0.3, -0.25) is 19.8 Å². The molecular formula is C20H25N3O5. The molecule has 8 nitrogen and oxygen atoms in total. The predicted octanol–water partition coefficient (Wildman–Crippen LogP) is 3.03. The molecule has 1 amide bonds. The van der Waals surface area contributed by atoms with Gasteiger partial charge in [-0.2, -0.15) is 0 Å². The van der Waals surface area contributed by atoms with Crippen molar-refractivity contribution in [2.45, 2.75) is 13.3 Å². The molecule has 0 bridgehead atoms. The lowest BCUT2D eigenvalue weighted by molar-refractivity contribution is -0.384. The summed E-state index contributed by atoms with van der Waals surface area (Å²) in [5.41, 5.74) is 1.84. The second-order valence-corrected chi connectivity index (χ2v) is 6.45. The predicted molar refractivity (Wildman–Crippen MR) is 107 cm³/mol. The van der Waals surface area contributed by atoms with Gasteiger partial charge in [0.25, 0.3) is 5.69 Å². The van der Waals surface area contributed by atoms with Crippen molar-refractivity contribution >= 4 is 17.3 Å². The first-order valence-corrected chi connectivity index (χ1v) is 8.79. The van der Waals surface area contributed by atoms with Gasteiger partial charge in [-0.05, 0) is 43.7 Å². The second kappa shape index (κ2) is 9.70. The number of anilines is 1. The van der Waals surface area contributed by atoms with Crippen LogP contribution < -0.4 is 14.8 Å². The molecule has 150 valence electrons. The number of rotatable bonds is 9. The number of nitrogens with zero attached hydrogens (tertiary/aromatic N) is 2. The second-order valence-electron chi connectivity index (χ2n) is 6.45. The quantitative estimate of drug-likeness (QED) is 0.525. The molecule has 2 aromatic rings. The number of benzene rings is 2. The van der Waals surface area contributed by atoms with Gasteiger partial charge in [-0.15, -0.1) is 0 Å². The molecule has 0 saturated carbocycles. The van der Waals surface area contributed by atoms with E-state index in [0.29, 0.717) is 30.0 Å². The van der Waals surface area contributed by atoms with E-state index in [1.165, 1.54) is 6.07 Å². The number of nitrogens with one attached hydrogen (secondary N) is 1. The van der Waals surface area contributed by atoms with Crippen molar-refractivity contribution in [3.05, 3.63) is 57.6 Å².